The number of benzene rings is 2. The van der Waals surface area contributed by atoms with Crippen LogP contribution in [0.15, 0.2) is 65.4 Å². The molecule has 1 saturated heterocycles. The predicted octanol–water partition coefficient (Wildman–Crippen LogP) is 3.72. The Hall–Kier alpha value is -2.64. The molecule has 1 aliphatic rings. The first-order chi connectivity index (χ1) is 13.2. The number of halogens is 1. The maximum atomic E-state index is 12.7. The predicted molar refractivity (Wildman–Crippen MR) is 109 cm³/mol. The number of anilines is 2. The fraction of sp³-hybridized carbons (Fsp3) is 0.200. The molecular weight excluding hydrogens is 408 g/mol. The first kappa shape index (κ1) is 17.8. The van der Waals surface area contributed by atoms with Gasteiger partial charge in [-0.3, -0.25) is 4.79 Å². The van der Waals surface area contributed by atoms with E-state index >= 15 is 0 Å². The molecule has 1 aliphatic heterocycles. The monoisotopic (exact) mass is 426 g/mol. The van der Waals surface area contributed by atoms with E-state index in [1.807, 2.05) is 54.7 Å². The van der Waals surface area contributed by atoms with Crippen LogP contribution in [0.1, 0.15) is 10.4 Å². The molecule has 1 aromatic heterocycles. The van der Waals surface area contributed by atoms with E-state index < -0.39 is 0 Å². The second-order valence-corrected chi connectivity index (χ2v) is 7.14. The molecule has 138 valence electrons. The molecular formula is C20H19BrN4O2. The van der Waals surface area contributed by atoms with Crippen LogP contribution in [0.3, 0.4) is 0 Å². The number of hydrogen-bond donors (Lipinski definition) is 1. The fourth-order valence-corrected chi connectivity index (χ4v) is 3.34. The molecule has 1 fully saturated rings. The number of ether oxygens (including phenoxy) is 1. The van der Waals surface area contributed by atoms with E-state index in [-0.39, 0.29) is 5.91 Å². The van der Waals surface area contributed by atoms with Gasteiger partial charge in [-0.25, -0.2) is 4.68 Å². The Bertz CT molecular complexity index is 933. The molecule has 27 heavy (non-hydrogen) atoms. The van der Waals surface area contributed by atoms with Crippen molar-refractivity contribution in [2.24, 2.45) is 0 Å². The lowest BCUT2D eigenvalue weighted by Gasteiger charge is -2.28. The third-order valence-electron chi connectivity index (χ3n) is 4.46. The van der Waals surface area contributed by atoms with Crippen molar-refractivity contribution in [2.75, 3.05) is 36.5 Å². The van der Waals surface area contributed by atoms with E-state index in [4.69, 9.17) is 4.74 Å². The quantitative estimate of drug-likeness (QED) is 0.690. The molecule has 0 saturated carbocycles. The number of rotatable bonds is 4. The minimum Gasteiger partial charge on any atom is -0.378 e. The topological polar surface area (TPSA) is 59.4 Å². The maximum Gasteiger partial charge on any atom is 0.255 e. The summed E-state index contributed by atoms with van der Waals surface area (Å²) in [6.45, 7) is 3.22. The van der Waals surface area contributed by atoms with E-state index in [9.17, 15) is 4.79 Å². The van der Waals surface area contributed by atoms with Crippen LogP contribution in [0.25, 0.3) is 5.69 Å². The number of para-hydroxylation sites is 2. The van der Waals surface area contributed by atoms with Crippen molar-refractivity contribution in [2.45, 2.75) is 0 Å². The van der Waals surface area contributed by atoms with E-state index in [2.05, 4.69) is 31.2 Å². The van der Waals surface area contributed by atoms with Gasteiger partial charge in [-0.2, -0.15) is 5.10 Å². The van der Waals surface area contributed by atoms with Crippen LogP contribution in [0.4, 0.5) is 11.4 Å². The summed E-state index contributed by atoms with van der Waals surface area (Å²) in [5.41, 5.74) is 3.23. The lowest BCUT2D eigenvalue weighted by atomic mass is 10.1. The van der Waals surface area contributed by atoms with E-state index in [0.29, 0.717) is 11.3 Å². The minimum absolute atomic E-state index is 0.151. The van der Waals surface area contributed by atoms with Crippen LogP contribution in [-0.2, 0) is 4.74 Å². The van der Waals surface area contributed by atoms with Crippen molar-refractivity contribution < 1.29 is 9.53 Å². The summed E-state index contributed by atoms with van der Waals surface area (Å²) in [7, 11) is 0. The van der Waals surface area contributed by atoms with Gasteiger partial charge in [0.05, 0.1) is 35.3 Å². The molecule has 0 unspecified atom stereocenters. The van der Waals surface area contributed by atoms with Gasteiger partial charge >= 0.3 is 0 Å². The summed E-state index contributed by atoms with van der Waals surface area (Å²) in [5.74, 6) is -0.151. The Kier molecular flexibility index (Phi) is 5.22. The molecule has 4 rings (SSSR count). The minimum atomic E-state index is -0.151. The molecule has 6 nitrogen and oxygen atoms in total. The van der Waals surface area contributed by atoms with Crippen molar-refractivity contribution >= 4 is 33.2 Å². The van der Waals surface area contributed by atoms with Crippen molar-refractivity contribution in [3.8, 4) is 5.69 Å². The number of nitrogens with one attached hydrogen (secondary N) is 1. The molecule has 0 aliphatic carbocycles. The molecule has 0 bridgehead atoms. The lowest BCUT2D eigenvalue weighted by molar-refractivity contribution is 0.102. The highest BCUT2D eigenvalue weighted by Gasteiger charge is 2.14. The highest BCUT2D eigenvalue weighted by Crippen LogP contribution is 2.22. The van der Waals surface area contributed by atoms with Gasteiger partial charge in [0.1, 0.15) is 0 Å². The van der Waals surface area contributed by atoms with Gasteiger partial charge in [0.15, 0.2) is 0 Å². The van der Waals surface area contributed by atoms with Gasteiger partial charge in [-0.1, -0.05) is 12.1 Å². The van der Waals surface area contributed by atoms with Crippen molar-refractivity contribution in [3.05, 3.63) is 71.0 Å². The smallest absolute Gasteiger partial charge is 0.255 e. The van der Waals surface area contributed by atoms with Crippen molar-refractivity contribution in [3.63, 3.8) is 0 Å². The number of carbonyl (C=O) groups is 1. The van der Waals surface area contributed by atoms with Crippen LogP contribution < -0.4 is 10.2 Å². The van der Waals surface area contributed by atoms with E-state index in [1.165, 1.54) is 0 Å². The molecule has 0 radical (unpaired) electrons. The Morgan fingerprint density at radius 3 is 2.52 bits per heavy atom. The van der Waals surface area contributed by atoms with E-state index in [0.717, 1.165) is 42.2 Å². The normalized spacial score (nSPS) is 14.2. The third-order valence-corrected chi connectivity index (χ3v) is 4.87. The highest BCUT2D eigenvalue weighted by molar-refractivity contribution is 9.10. The van der Waals surface area contributed by atoms with Crippen molar-refractivity contribution in [1.82, 2.24) is 9.78 Å². The van der Waals surface area contributed by atoms with Gasteiger partial charge in [-0.05, 0) is 52.3 Å². The number of aromatic nitrogens is 2. The fourth-order valence-electron chi connectivity index (χ4n) is 3.05. The standard InChI is InChI=1S/C20H19BrN4O2/c21-16-13-22-25(14-16)19-4-2-1-3-18(19)23-20(26)15-5-7-17(8-6-15)24-9-11-27-12-10-24/h1-8,13-14H,9-12H2,(H,23,26). The third kappa shape index (κ3) is 4.04. The summed E-state index contributed by atoms with van der Waals surface area (Å²) >= 11 is 3.40. The zero-order chi connectivity index (χ0) is 18.6. The average Bonchev–Trinajstić information content (AvgIpc) is 3.15. The van der Waals surface area contributed by atoms with Gasteiger partial charge < -0.3 is 15.0 Å². The Balaban J connectivity index is 1.51. The molecule has 3 aromatic rings. The zero-order valence-corrected chi connectivity index (χ0v) is 16.2. The summed E-state index contributed by atoms with van der Waals surface area (Å²) in [6.07, 6.45) is 3.56. The van der Waals surface area contributed by atoms with Crippen molar-refractivity contribution in [1.29, 1.82) is 0 Å². The molecule has 0 spiro atoms. The zero-order valence-electron chi connectivity index (χ0n) is 14.6. The van der Waals surface area contributed by atoms with Crippen LogP contribution in [-0.4, -0.2) is 42.0 Å². The first-order valence-electron chi connectivity index (χ1n) is 8.74. The summed E-state index contributed by atoms with van der Waals surface area (Å²) in [4.78, 5) is 15.0. The molecule has 2 aromatic carbocycles. The number of amides is 1. The average molecular weight is 427 g/mol. The van der Waals surface area contributed by atoms with Gasteiger partial charge in [0.2, 0.25) is 0 Å². The molecule has 2 heterocycles. The Morgan fingerprint density at radius 1 is 1.07 bits per heavy atom. The summed E-state index contributed by atoms with van der Waals surface area (Å²) in [6, 6.07) is 15.3. The van der Waals surface area contributed by atoms with Gasteiger partial charge in [-0.15, -0.1) is 0 Å². The molecule has 1 amide bonds. The number of nitrogens with zero attached hydrogens (tertiary/aromatic N) is 3. The highest BCUT2D eigenvalue weighted by atomic mass is 79.9. The summed E-state index contributed by atoms with van der Waals surface area (Å²) in [5, 5.41) is 7.28. The van der Waals surface area contributed by atoms with Gasteiger partial charge in [0.25, 0.3) is 5.91 Å². The van der Waals surface area contributed by atoms with Gasteiger partial charge in [0, 0.05) is 30.5 Å². The molecule has 1 N–H and O–H groups in total. The largest absolute Gasteiger partial charge is 0.378 e. The van der Waals surface area contributed by atoms with Crippen LogP contribution in [0.5, 0.6) is 0 Å². The second-order valence-electron chi connectivity index (χ2n) is 6.22. The van der Waals surface area contributed by atoms with Crippen LogP contribution in [0.2, 0.25) is 0 Å². The SMILES string of the molecule is O=C(Nc1ccccc1-n1cc(Br)cn1)c1ccc(N2CCOCC2)cc1. The maximum absolute atomic E-state index is 12.7. The van der Waals surface area contributed by atoms with Crippen LogP contribution >= 0.6 is 15.9 Å². The van der Waals surface area contributed by atoms with Crippen LogP contribution in [0, 0.1) is 0 Å². The molecule has 7 heteroatoms. The first-order valence-corrected chi connectivity index (χ1v) is 9.54. The number of hydrogen-bond acceptors (Lipinski definition) is 4. The number of morpholine rings is 1. The Morgan fingerprint density at radius 2 is 1.81 bits per heavy atom. The molecule has 0 atom stereocenters. The number of carbonyl (C=O) groups excluding carboxylic acids is 1. The van der Waals surface area contributed by atoms with E-state index in [1.54, 1.807) is 10.9 Å². The lowest BCUT2D eigenvalue weighted by Crippen LogP contribution is -2.36. The summed E-state index contributed by atoms with van der Waals surface area (Å²) < 4.78 is 7.98. The Labute approximate surface area is 165 Å². The second kappa shape index (κ2) is 7.94.